The van der Waals surface area contributed by atoms with Crippen LogP contribution in [0.5, 0.6) is 5.75 Å². The molecule has 0 saturated heterocycles. The Balaban J connectivity index is 2.46. The molecule has 0 saturated carbocycles. The number of carbonyl (C=O) groups excluding carboxylic acids is 1. The first-order valence-corrected chi connectivity index (χ1v) is 27.6. The summed E-state index contributed by atoms with van der Waals surface area (Å²) in [5, 5.41) is 17.9. The zero-order chi connectivity index (χ0) is 41.1. The number of benzene rings is 2. The van der Waals surface area contributed by atoms with Gasteiger partial charge in [0.15, 0.2) is 6.79 Å². The number of nitrogens with one attached hydrogen (secondary N) is 3. The number of anilines is 1. The Bertz CT molecular complexity index is 1530. The maximum absolute atomic E-state index is 14.6. The molecule has 2 rings (SSSR count). The van der Waals surface area contributed by atoms with Crippen LogP contribution >= 0.6 is 0 Å². The van der Waals surface area contributed by atoms with Gasteiger partial charge in [0.05, 0.1) is 30.8 Å². The highest BCUT2D eigenvalue weighted by Crippen LogP contribution is 2.31. The van der Waals surface area contributed by atoms with Crippen LogP contribution in [0.4, 0.5) is 15.3 Å². The van der Waals surface area contributed by atoms with E-state index in [-0.39, 0.29) is 55.3 Å². The third-order valence-corrected chi connectivity index (χ3v) is 19.2. The van der Waals surface area contributed by atoms with Crippen LogP contribution in [0.2, 0.25) is 49.9 Å². The van der Waals surface area contributed by atoms with Gasteiger partial charge in [0.25, 0.3) is 0 Å². The molecule has 0 bridgehead atoms. The molecule has 0 radical (unpaired) electrons. The zero-order valence-electron chi connectivity index (χ0n) is 34.6. The predicted molar refractivity (Wildman–Crippen MR) is 225 cm³/mol. The lowest BCUT2D eigenvalue weighted by molar-refractivity contribution is -0.0993. The molecule has 0 unspecified atom stereocenters. The van der Waals surface area contributed by atoms with Crippen LogP contribution < -0.4 is 20.7 Å². The largest absolute Gasteiger partial charge is 0.465 e. The van der Waals surface area contributed by atoms with Gasteiger partial charge in [0, 0.05) is 40.9 Å². The lowest BCUT2D eigenvalue weighted by Gasteiger charge is -2.33. The minimum Gasteiger partial charge on any atom is -0.465 e. The van der Waals surface area contributed by atoms with Crippen molar-refractivity contribution in [1.29, 1.82) is 0 Å². The van der Waals surface area contributed by atoms with Crippen LogP contribution in [0.25, 0.3) is 0 Å². The van der Waals surface area contributed by atoms with Gasteiger partial charge < -0.3 is 40.0 Å². The van der Waals surface area contributed by atoms with Crippen molar-refractivity contribution in [3.8, 4) is 5.75 Å². The predicted octanol–water partition coefficient (Wildman–Crippen LogP) is 7.91. The molecule has 2 atom stereocenters. The van der Waals surface area contributed by atoms with Crippen molar-refractivity contribution in [3.63, 3.8) is 0 Å². The molecule has 0 aliphatic rings. The number of rotatable bonds is 27. The lowest BCUT2D eigenvalue weighted by atomic mass is 10.0. The summed E-state index contributed by atoms with van der Waals surface area (Å²) in [5.74, 6) is 0.168. The maximum atomic E-state index is 14.6. The van der Waals surface area contributed by atoms with Crippen LogP contribution in [0, 0.1) is 5.92 Å². The molecule has 312 valence electrons. The first kappa shape index (κ1) is 48.2. The normalized spacial score (nSPS) is 13.4. The first-order chi connectivity index (χ1) is 26.0. The molecule has 0 spiro atoms. The molecule has 0 aromatic heterocycles. The summed E-state index contributed by atoms with van der Waals surface area (Å²) in [4.78, 5) is 24.7. The van der Waals surface area contributed by atoms with E-state index in [0.29, 0.717) is 19.8 Å². The summed E-state index contributed by atoms with van der Waals surface area (Å²) in [6.07, 6.45) is -1.91. The minimum atomic E-state index is -4.23. The molecular formula is C39H68N4O9SSi2. The molecule has 13 nitrogen and oxygen atoms in total. The van der Waals surface area contributed by atoms with Crippen molar-refractivity contribution < 1.29 is 42.1 Å². The highest BCUT2D eigenvalue weighted by atomic mass is 32.2. The van der Waals surface area contributed by atoms with Crippen LogP contribution in [0.15, 0.2) is 53.4 Å². The van der Waals surface area contributed by atoms with E-state index in [1.165, 1.54) is 40.6 Å². The monoisotopic (exact) mass is 824 g/mol. The third-order valence-electron chi connectivity index (χ3n) is 9.87. The van der Waals surface area contributed by atoms with Gasteiger partial charge in [-0.15, -0.1) is 0 Å². The van der Waals surface area contributed by atoms with Gasteiger partial charge in [-0.3, -0.25) is 0 Å². The van der Waals surface area contributed by atoms with E-state index in [9.17, 15) is 23.1 Å². The van der Waals surface area contributed by atoms with Crippen LogP contribution in [0.3, 0.4) is 0 Å². The molecule has 2 aromatic carbocycles. The Hall–Kier alpha value is -3.00. The maximum Gasteiger partial charge on any atom is 0.404 e. The molecule has 2 aromatic rings. The van der Waals surface area contributed by atoms with E-state index in [1.807, 2.05) is 44.2 Å². The second-order valence-electron chi connectivity index (χ2n) is 15.6. The second-order valence-corrected chi connectivity index (χ2v) is 28.8. The number of carbonyl (C=O) groups is 2. The van der Waals surface area contributed by atoms with Crippen LogP contribution in [-0.4, -0.2) is 105 Å². The lowest BCUT2D eigenvalue weighted by Crippen LogP contribution is -2.52. The Morgan fingerprint density at radius 2 is 1.51 bits per heavy atom. The topological polar surface area (TPSA) is 165 Å². The van der Waals surface area contributed by atoms with Crippen molar-refractivity contribution in [2.45, 2.75) is 115 Å². The number of hydrogen-bond donors (Lipinski definition) is 4. The van der Waals surface area contributed by atoms with Gasteiger partial charge in [-0.25, -0.2) is 18.0 Å². The second kappa shape index (κ2) is 23.9. The number of ether oxygens (including phenoxy) is 4. The van der Waals surface area contributed by atoms with Gasteiger partial charge in [0.2, 0.25) is 10.0 Å². The smallest absolute Gasteiger partial charge is 0.404 e. The van der Waals surface area contributed by atoms with Crippen LogP contribution in [0.1, 0.15) is 47.1 Å². The molecule has 0 aliphatic carbocycles. The molecule has 0 aliphatic heterocycles. The van der Waals surface area contributed by atoms with Crippen molar-refractivity contribution in [2.75, 3.05) is 51.8 Å². The standard InChI is InChI=1S/C39H68N4O9SSi2/c1-10-40-38(44)41-35-26-33(19-20-36(35)51-29-50-22-24-55(11-2,12-3)13-4)53(47,48)43(27-31(5)6)28-37(52-30-49-21-23-54(7,8)9)34(42-39(45)46)25-32-17-15-14-16-18-32/h14-20,26,31,34,37,42H,10-13,21-25,27-30H2,1-9H3,(H,45,46)(H2,40,41,44)/t34-,37-/m0/s1. The molecule has 0 heterocycles. The molecular weight excluding hydrogens is 757 g/mol. The van der Waals surface area contributed by atoms with Crippen molar-refractivity contribution >= 4 is 44.0 Å². The number of hydrogen-bond acceptors (Lipinski definition) is 8. The van der Waals surface area contributed by atoms with Gasteiger partial charge in [-0.05, 0) is 55.1 Å². The summed E-state index contributed by atoms with van der Waals surface area (Å²) in [6, 6.07) is 17.9. The van der Waals surface area contributed by atoms with Gasteiger partial charge >= 0.3 is 12.1 Å². The van der Waals surface area contributed by atoms with E-state index in [0.717, 1.165) is 17.7 Å². The summed E-state index contributed by atoms with van der Waals surface area (Å²) in [7, 11) is -6.99. The quantitative estimate of drug-likeness (QED) is 0.0398. The molecule has 0 fully saturated rings. The molecule has 16 heteroatoms. The fraction of sp³-hybridized carbons (Fsp3) is 0.641. The fourth-order valence-corrected chi connectivity index (χ4v) is 11.7. The number of sulfonamides is 1. The number of nitrogens with zero attached hydrogens (tertiary/aromatic N) is 1. The first-order valence-electron chi connectivity index (χ1n) is 19.6. The van der Waals surface area contributed by atoms with E-state index in [4.69, 9.17) is 18.9 Å². The number of carboxylic acid groups (broad SMARTS) is 1. The SMILES string of the molecule is CCNC(=O)Nc1cc(S(=O)(=O)N(CC(C)C)C[C@H](OCOCC[Si](C)(C)C)[C@H](Cc2ccccc2)NC(=O)O)ccc1OCOCC[Si](CC)(CC)CC. The zero-order valence-corrected chi connectivity index (χ0v) is 37.4. The Morgan fingerprint density at radius 3 is 2.09 bits per heavy atom. The molecule has 55 heavy (non-hydrogen) atoms. The van der Waals surface area contributed by atoms with Crippen molar-refractivity contribution in [1.82, 2.24) is 14.9 Å². The molecule has 3 amide bonds. The van der Waals surface area contributed by atoms with Crippen molar-refractivity contribution in [3.05, 3.63) is 54.1 Å². The summed E-state index contributed by atoms with van der Waals surface area (Å²) < 4.78 is 54.3. The fourth-order valence-electron chi connectivity index (χ4n) is 6.15. The van der Waals surface area contributed by atoms with Crippen LogP contribution in [-0.2, 0) is 30.7 Å². The van der Waals surface area contributed by atoms with Crippen molar-refractivity contribution in [2.24, 2.45) is 5.92 Å². The van der Waals surface area contributed by atoms with E-state index >= 15 is 0 Å². The highest BCUT2D eigenvalue weighted by Gasteiger charge is 2.34. The average Bonchev–Trinajstić information content (AvgIpc) is 3.12. The summed E-state index contributed by atoms with van der Waals surface area (Å²) in [5.41, 5.74) is 1.02. The van der Waals surface area contributed by atoms with E-state index in [2.05, 4.69) is 56.4 Å². The van der Waals surface area contributed by atoms with E-state index in [1.54, 1.807) is 6.92 Å². The van der Waals surface area contributed by atoms with E-state index < -0.39 is 50.4 Å². The number of amides is 3. The Kier molecular flexibility index (Phi) is 20.9. The third kappa shape index (κ3) is 17.4. The summed E-state index contributed by atoms with van der Waals surface area (Å²) >= 11 is 0. The number of urea groups is 1. The average molecular weight is 825 g/mol. The summed E-state index contributed by atoms with van der Waals surface area (Å²) in [6.45, 7) is 20.2. The Labute approximate surface area is 332 Å². The van der Waals surface area contributed by atoms with Gasteiger partial charge in [-0.1, -0.05) is 103 Å². The minimum absolute atomic E-state index is 0.0598. The molecule has 4 N–H and O–H groups in total. The highest BCUT2D eigenvalue weighted by molar-refractivity contribution is 7.89. The van der Waals surface area contributed by atoms with Gasteiger partial charge in [0.1, 0.15) is 12.5 Å². The van der Waals surface area contributed by atoms with Gasteiger partial charge in [-0.2, -0.15) is 4.31 Å². The Morgan fingerprint density at radius 1 is 0.873 bits per heavy atom.